The summed E-state index contributed by atoms with van der Waals surface area (Å²) in [5.41, 5.74) is 2.80. The molecule has 0 aromatic heterocycles. The van der Waals surface area contributed by atoms with Gasteiger partial charge in [-0.15, -0.1) is 0 Å². The second kappa shape index (κ2) is 8.16. The monoisotopic (exact) mass is 365 g/mol. The molecule has 0 bridgehead atoms. The Bertz CT molecular complexity index is 669. The second-order valence-electron chi connectivity index (χ2n) is 7.49. The van der Waals surface area contributed by atoms with Crippen molar-refractivity contribution in [1.29, 1.82) is 0 Å². The molecule has 2 aliphatic heterocycles. The summed E-state index contributed by atoms with van der Waals surface area (Å²) in [7, 11) is -3.35. The van der Waals surface area contributed by atoms with Gasteiger partial charge in [-0.1, -0.05) is 38.1 Å². The Balaban J connectivity index is 1.57. The Kier molecular flexibility index (Phi) is 6.15. The van der Waals surface area contributed by atoms with E-state index >= 15 is 0 Å². The molecular formula is C19H31N3O2S. The zero-order valence-corrected chi connectivity index (χ0v) is 16.3. The molecule has 25 heavy (non-hydrogen) atoms. The van der Waals surface area contributed by atoms with Gasteiger partial charge in [-0.2, -0.15) is 12.7 Å². The highest BCUT2D eigenvalue weighted by Gasteiger charge is 2.28. The van der Waals surface area contributed by atoms with Crippen LogP contribution in [0, 0.1) is 5.92 Å². The van der Waals surface area contributed by atoms with E-state index in [1.807, 2.05) is 0 Å². The highest BCUT2D eigenvalue weighted by molar-refractivity contribution is 7.87. The van der Waals surface area contributed by atoms with Crippen LogP contribution >= 0.6 is 0 Å². The van der Waals surface area contributed by atoms with Crippen LogP contribution in [0.25, 0.3) is 0 Å². The smallest absolute Gasteiger partial charge is 0.279 e. The molecule has 1 fully saturated rings. The predicted molar refractivity (Wildman–Crippen MR) is 102 cm³/mol. The molecule has 0 spiro atoms. The van der Waals surface area contributed by atoms with Gasteiger partial charge in [-0.25, -0.2) is 4.72 Å². The van der Waals surface area contributed by atoms with Gasteiger partial charge in [0.25, 0.3) is 10.2 Å². The van der Waals surface area contributed by atoms with Crippen LogP contribution in [0.3, 0.4) is 0 Å². The third kappa shape index (κ3) is 4.61. The number of rotatable bonds is 6. The number of piperidine rings is 1. The van der Waals surface area contributed by atoms with Crippen LogP contribution in [-0.2, 0) is 23.2 Å². The lowest BCUT2D eigenvalue weighted by Crippen LogP contribution is -2.50. The zero-order chi connectivity index (χ0) is 17.9. The van der Waals surface area contributed by atoms with Gasteiger partial charge < -0.3 is 0 Å². The fraction of sp³-hybridized carbons (Fsp3) is 0.684. The van der Waals surface area contributed by atoms with Crippen molar-refractivity contribution >= 4 is 10.2 Å². The van der Waals surface area contributed by atoms with Gasteiger partial charge >= 0.3 is 0 Å². The van der Waals surface area contributed by atoms with E-state index in [9.17, 15) is 8.42 Å². The maximum Gasteiger partial charge on any atom is 0.279 e. The Labute approximate surface area is 152 Å². The molecule has 0 saturated carbocycles. The van der Waals surface area contributed by atoms with E-state index in [1.165, 1.54) is 11.1 Å². The number of hydrogen-bond acceptors (Lipinski definition) is 3. The van der Waals surface area contributed by atoms with Crippen molar-refractivity contribution in [3.05, 3.63) is 35.4 Å². The van der Waals surface area contributed by atoms with E-state index in [1.54, 1.807) is 4.31 Å². The van der Waals surface area contributed by atoms with Crippen molar-refractivity contribution in [3.63, 3.8) is 0 Å². The molecular weight excluding hydrogens is 334 g/mol. The molecule has 1 N–H and O–H groups in total. The molecule has 2 heterocycles. The number of hydrogen-bond donors (Lipinski definition) is 1. The summed E-state index contributed by atoms with van der Waals surface area (Å²) in [4.78, 5) is 2.42. The van der Waals surface area contributed by atoms with Crippen molar-refractivity contribution < 1.29 is 8.42 Å². The molecule has 0 unspecified atom stereocenters. The molecule has 0 aliphatic carbocycles. The Morgan fingerprint density at radius 1 is 1.16 bits per heavy atom. The third-order valence-electron chi connectivity index (χ3n) is 5.73. The van der Waals surface area contributed by atoms with Crippen LogP contribution < -0.4 is 4.72 Å². The van der Waals surface area contributed by atoms with E-state index in [0.717, 1.165) is 38.8 Å². The van der Waals surface area contributed by atoms with Gasteiger partial charge in [0.2, 0.25) is 0 Å². The van der Waals surface area contributed by atoms with E-state index in [0.29, 0.717) is 25.6 Å². The molecule has 140 valence electrons. The maximum atomic E-state index is 12.6. The van der Waals surface area contributed by atoms with Gasteiger partial charge in [0, 0.05) is 38.8 Å². The first kappa shape index (κ1) is 18.8. The quantitative estimate of drug-likeness (QED) is 0.842. The molecule has 1 aromatic carbocycles. The Morgan fingerprint density at radius 2 is 1.84 bits per heavy atom. The van der Waals surface area contributed by atoms with Gasteiger partial charge in [0.15, 0.2) is 0 Å². The van der Waals surface area contributed by atoms with Crippen LogP contribution in [0.1, 0.15) is 44.2 Å². The van der Waals surface area contributed by atoms with E-state index < -0.39 is 10.2 Å². The summed E-state index contributed by atoms with van der Waals surface area (Å²) in [6, 6.07) is 8.82. The number of benzene rings is 1. The number of nitrogens with zero attached hydrogens (tertiary/aromatic N) is 2. The van der Waals surface area contributed by atoms with Crippen LogP contribution in [0.15, 0.2) is 24.3 Å². The van der Waals surface area contributed by atoms with Crippen molar-refractivity contribution in [2.75, 3.05) is 26.2 Å². The van der Waals surface area contributed by atoms with E-state index in [2.05, 4.69) is 47.7 Å². The molecule has 5 nitrogen and oxygen atoms in total. The lowest BCUT2D eigenvalue weighted by atomic mass is 9.98. The lowest BCUT2D eigenvalue weighted by molar-refractivity contribution is 0.174. The fourth-order valence-electron chi connectivity index (χ4n) is 3.88. The average Bonchev–Trinajstić information content (AvgIpc) is 2.62. The SMILES string of the molecule is CC[C@@H](CNS(=O)(=O)N1CCC(C)CC1)N1CCc2ccccc2C1. The first-order valence-corrected chi connectivity index (χ1v) is 11.0. The summed E-state index contributed by atoms with van der Waals surface area (Å²) >= 11 is 0. The van der Waals surface area contributed by atoms with Crippen LogP contribution in [-0.4, -0.2) is 49.8 Å². The summed E-state index contributed by atoms with van der Waals surface area (Å²) in [6.07, 6.45) is 3.91. The normalized spacial score (nSPS) is 21.8. The van der Waals surface area contributed by atoms with Gasteiger partial charge in [-0.3, -0.25) is 4.90 Å². The molecule has 1 atom stereocenters. The minimum absolute atomic E-state index is 0.242. The van der Waals surface area contributed by atoms with Crippen LogP contribution in [0.4, 0.5) is 0 Å². The minimum Gasteiger partial charge on any atom is -0.295 e. The highest BCUT2D eigenvalue weighted by Crippen LogP contribution is 2.22. The summed E-state index contributed by atoms with van der Waals surface area (Å²) < 4.78 is 29.7. The molecule has 2 aliphatic rings. The summed E-state index contributed by atoms with van der Waals surface area (Å²) in [5.74, 6) is 0.628. The second-order valence-corrected chi connectivity index (χ2v) is 9.24. The standard InChI is InChI=1S/C19H31N3O2S/c1-3-19(21-11-10-17-6-4-5-7-18(17)15-21)14-20-25(23,24)22-12-8-16(2)9-13-22/h4-7,16,19-20H,3,8-15H2,1-2H3/t19-/m0/s1. The van der Waals surface area contributed by atoms with Crippen molar-refractivity contribution in [3.8, 4) is 0 Å². The van der Waals surface area contributed by atoms with Crippen molar-refractivity contribution in [1.82, 2.24) is 13.9 Å². The first-order valence-electron chi connectivity index (χ1n) is 9.55. The lowest BCUT2D eigenvalue weighted by Gasteiger charge is -2.36. The van der Waals surface area contributed by atoms with Gasteiger partial charge in [-0.05, 0) is 42.7 Å². The van der Waals surface area contributed by atoms with E-state index in [4.69, 9.17) is 0 Å². The predicted octanol–water partition coefficient (Wildman–Crippen LogP) is 2.39. The average molecular weight is 366 g/mol. The molecule has 0 amide bonds. The Hall–Kier alpha value is -0.950. The number of nitrogens with one attached hydrogen (secondary N) is 1. The molecule has 3 rings (SSSR count). The van der Waals surface area contributed by atoms with Gasteiger partial charge in [0.05, 0.1) is 0 Å². The van der Waals surface area contributed by atoms with E-state index in [-0.39, 0.29) is 6.04 Å². The molecule has 0 radical (unpaired) electrons. The van der Waals surface area contributed by atoms with Crippen LogP contribution in [0.2, 0.25) is 0 Å². The largest absolute Gasteiger partial charge is 0.295 e. The maximum absolute atomic E-state index is 12.6. The zero-order valence-electron chi connectivity index (χ0n) is 15.4. The van der Waals surface area contributed by atoms with Gasteiger partial charge in [0.1, 0.15) is 0 Å². The van der Waals surface area contributed by atoms with Crippen LogP contribution in [0.5, 0.6) is 0 Å². The van der Waals surface area contributed by atoms with Crippen molar-refractivity contribution in [2.24, 2.45) is 5.92 Å². The molecule has 6 heteroatoms. The highest BCUT2D eigenvalue weighted by atomic mass is 32.2. The minimum atomic E-state index is -3.35. The summed E-state index contributed by atoms with van der Waals surface area (Å²) in [6.45, 7) is 8.03. The summed E-state index contributed by atoms with van der Waals surface area (Å²) in [5, 5.41) is 0. The topological polar surface area (TPSA) is 52.7 Å². The molecule has 1 aromatic rings. The Morgan fingerprint density at radius 3 is 2.52 bits per heavy atom. The van der Waals surface area contributed by atoms with Crippen molar-refractivity contribution in [2.45, 2.75) is 52.1 Å². The fourth-order valence-corrected chi connectivity index (χ4v) is 5.16. The molecule has 1 saturated heterocycles. The third-order valence-corrected chi connectivity index (χ3v) is 7.31. The first-order chi connectivity index (χ1) is 12.0. The number of fused-ring (bicyclic) bond motifs is 1.